The molecule has 1 aromatic carbocycles. The van der Waals surface area contributed by atoms with Crippen LogP contribution in [0.25, 0.3) is 0 Å². The van der Waals surface area contributed by atoms with Crippen molar-refractivity contribution in [3.05, 3.63) is 47.3 Å². The Labute approximate surface area is 130 Å². The Balaban J connectivity index is 2.07. The molecule has 0 fully saturated rings. The molecule has 0 aliphatic carbocycles. The van der Waals surface area contributed by atoms with E-state index < -0.39 is 0 Å². The van der Waals surface area contributed by atoms with E-state index in [9.17, 15) is 9.90 Å². The first-order valence-corrected chi connectivity index (χ1v) is 7.11. The lowest BCUT2D eigenvalue weighted by Crippen LogP contribution is -2.34. The average molecular weight is 302 g/mol. The summed E-state index contributed by atoms with van der Waals surface area (Å²) in [6.07, 6.45) is 3.72. The van der Waals surface area contributed by atoms with Crippen LogP contribution in [0.4, 0.5) is 0 Å². The highest BCUT2D eigenvalue weighted by Gasteiger charge is 2.18. The number of aryl methyl sites for hydroxylation is 2. The Morgan fingerprint density at radius 1 is 1.45 bits per heavy atom. The maximum Gasteiger partial charge on any atom is 0.255 e. The van der Waals surface area contributed by atoms with Crippen molar-refractivity contribution in [2.45, 2.75) is 13.0 Å². The first-order valence-electron chi connectivity index (χ1n) is 7.11. The number of nitrogens with one attached hydrogen (secondary N) is 1. The summed E-state index contributed by atoms with van der Waals surface area (Å²) < 4.78 is 1.74. The van der Waals surface area contributed by atoms with E-state index in [-0.39, 0.29) is 23.3 Å². The Bertz CT molecular complexity index is 664. The summed E-state index contributed by atoms with van der Waals surface area (Å²) in [5, 5.41) is 16.9. The van der Waals surface area contributed by atoms with Gasteiger partial charge in [0.15, 0.2) is 0 Å². The number of likely N-dealkylation sites (N-methyl/N-ethyl adjacent to an activating group) is 1. The molecule has 2 aromatic rings. The predicted molar refractivity (Wildman–Crippen MR) is 84.8 cm³/mol. The number of rotatable bonds is 5. The smallest absolute Gasteiger partial charge is 0.255 e. The second-order valence-electron chi connectivity index (χ2n) is 5.66. The Morgan fingerprint density at radius 2 is 2.18 bits per heavy atom. The largest absolute Gasteiger partial charge is 0.507 e. The van der Waals surface area contributed by atoms with Gasteiger partial charge in [-0.15, -0.1) is 0 Å². The molecule has 0 bridgehead atoms. The highest BCUT2D eigenvalue weighted by atomic mass is 16.3. The fraction of sp³-hybridized carbons (Fsp3) is 0.375. The van der Waals surface area contributed by atoms with E-state index in [1.807, 2.05) is 39.2 Å². The molecule has 6 nitrogen and oxygen atoms in total. The summed E-state index contributed by atoms with van der Waals surface area (Å²) in [7, 11) is 5.76. The van der Waals surface area contributed by atoms with Gasteiger partial charge in [-0.3, -0.25) is 9.48 Å². The molecule has 22 heavy (non-hydrogen) atoms. The molecule has 0 saturated heterocycles. The van der Waals surface area contributed by atoms with Crippen LogP contribution in [0.5, 0.6) is 5.75 Å². The van der Waals surface area contributed by atoms with Gasteiger partial charge in [-0.25, -0.2) is 0 Å². The van der Waals surface area contributed by atoms with Crippen molar-refractivity contribution in [2.75, 3.05) is 20.6 Å². The lowest BCUT2D eigenvalue weighted by molar-refractivity contribution is 0.0939. The summed E-state index contributed by atoms with van der Waals surface area (Å²) in [5.74, 6) is -0.284. The topological polar surface area (TPSA) is 70.4 Å². The van der Waals surface area contributed by atoms with Crippen molar-refractivity contribution in [3.63, 3.8) is 0 Å². The van der Waals surface area contributed by atoms with E-state index in [2.05, 4.69) is 10.4 Å². The summed E-state index contributed by atoms with van der Waals surface area (Å²) in [6.45, 7) is 2.30. The molecule has 1 heterocycles. The van der Waals surface area contributed by atoms with Crippen molar-refractivity contribution in [3.8, 4) is 5.75 Å². The van der Waals surface area contributed by atoms with E-state index in [0.29, 0.717) is 6.54 Å². The first kappa shape index (κ1) is 16.0. The third kappa shape index (κ3) is 3.65. The fourth-order valence-electron chi connectivity index (χ4n) is 2.33. The van der Waals surface area contributed by atoms with E-state index in [4.69, 9.17) is 0 Å². The van der Waals surface area contributed by atoms with Crippen LogP contribution >= 0.6 is 0 Å². The zero-order valence-electron chi connectivity index (χ0n) is 13.4. The quantitative estimate of drug-likeness (QED) is 0.877. The number of nitrogens with zero attached hydrogens (tertiary/aromatic N) is 3. The number of aromatic nitrogens is 2. The minimum atomic E-state index is -0.284. The molecule has 118 valence electrons. The molecule has 1 amide bonds. The normalized spacial score (nSPS) is 12.4. The molecular formula is C16H22N4O2. The van der Waals surface area contributed by atoms with Gasteiger partial charge in [-0.2, -0.15) is 5.10 Å². The molecule has 0 unspecified atom stereocenters. The maximum atomic E-state index is 12.2. The van der Waals surface area contributed by atoms with Crippen molar-refractivity contribution >= 4 is 5.91 Å². The highest BCUT2D eigenvalue weighted by Crippen LogP contribution is 2.20. The van der Waals surface area contributed by atoms with E-state index in [1.54, 1.807) is 29.1 Å². The molecular weight excluding hydrogens is 280 g/mol. The standard InChI is InChI=1S/C16H22N4O2/c1-11-5-6-13(15(21)7-11)16(22)17-9-14(19(2)3)12-8-18-20(4)10-12/h5-8,10,14,21H,9H2,1-4H3,(H,17,22)/t14-/m1/s1. The van der Waals surface area contributed by atoms with Crippen LogP contribution < -0.4 is 5.32 Å². The molecule has 2 N–H and O–H groups in total. The van der Waals surface area contributed by atoms with E-state index in [1.165, 1.54) is 0 Å². The Kier molecular flexibility index (Phi) is 4.82. The van der Waals surface area contributed by atoms with Crippen LogP contribution in [0.2, 0.25) is 0 Å². The van der Waals surface area contributed by atoms with Crippen molar-refractivity contribution in [1.29, 1.82) is 0 Å². The minimum Gasteiger partial charge on any atom is -0.507 e. The molecule has 0 aliphatic heterocycles. The summed E-state index contributed by atoms with van der Waals surface area (Å²) >= 11 is 0. The highest BCUT2D eigenvalue weighted by molar-refractivity contribution is 5.96. The van der Waals surface area contributed by atoms with Crippen LogP contribution in [-0.2, 0) is 7.05 Å². The summed E-state index contributed by atoms with van der Waals surface area (Å²) in [5.41, 5.74) is 2.23. The lowest BCUT2D eigenvalue weighted by atomic mass is 10.1. The molecule has 0 radical (unpaired) electrons. The first-order chi connectivity index (χ1) is 10.4. The predicted octanol–water partition coefficient (Wildman–Crippen LogP) is 1.47. The second-order valence-corrected chi connectivity index (χ2v) is 5.66. The van der Waals surface area contributed by atoms with Gasteiger partial charge in [0, 0.05) is 25.4 Å². The fourth-order valence-corrected chi connectivity index (χ4v) is 2.33. The molecule has 1 atom stereocenters. The zero-order valence-corrected chi connectivity index (χ0v) is 13.4. The van der Waals surface area contributed by atoms with Crippen molar-refractivity contribution < 1.29 is 9.90 Å². The number of hydrogen-bond acceptors (Lipinski definition) is 4. The molecule has 0 spiro atoms. The Hall–Kier alpha value is -2.34. The summed E-state index contributed by atoms with van der Waals surface area (Å²) in [6, 6.07) is 5.04. The van der Waals surface area contributed by atoms with Crippen molar-refractivity contribution in [1.82, 2.24) is 20.0 Å². The molecule has 0 saturated carbocycles. The molecule has 2 rings (SSSR count). The number of carbonyl (C=O) groups excluding carboxylic acids is 1. The number of phenolic OH excluding ortho intramolecular Hbond substituents is 1. The number of benzene rings is 1. The number of amides is 1. The van der Waals surface area contributed by atoms with Gasteiger partial charge in [0.25, 0.3) is 5.91 Å². The Morgan fingerprint density at radius 3 is 2.73 bits per heavy atom. The second kappa shape index (κ2) is 6.62. The van der Waals surface area contributed by atoms with Gasteiger partial charge in [0.05, 0.1) is 17.8 Å². The van der Waals surface area contributed by atoms with Gasteiger partial charge in [0.2, 0.25) is 0 Å². The number of aromatic hydroxyl groups is 1. The SMILES string of the molecule is Cc1ccc(C(=O)NC[C@H](c2cnn(C)c2)N(C)C)c(O)c1. The van der Waals surface area contributed by atoms with Gasteiger partial charge in [0.1, 0.15) is 5.75 Å². The average Bonchev–Trinajstić information content (AvgIpc) is 2.84. The van der Waals surface area contributed by atoms with Gasteiger partial charge < -0.3 is 15.3 Å². The minimum absolute atomic E-state index is 0.000260. The number of hydrogen-bond donors (Lipinski definition) is 2. The van der Waals surface area contributed by atoms with Crippen LogP contribution in [-0.4, -0.2) is 46.3 Å². The zero-order chi connectivity index (χ0) is 16.3. The maximum absolute atomic E-state index is 12.2. The van der Waals surface area contributed by atoms with Crippen LogP contribution in [0.1, 0.15) is 27.5 Å². The van der Waals surface area contributed by atoms with Crippen molar-refractivity contribution in [2.24, 2.45) is 7.05 Å². The van der Waals surface area contributed by atoms with Gasteiger partial charge in [-0.1, -0.05) is 6.07 Å². The summed E-state index contributed by atoms with van der Waals surface area (Å²) in [4.78, 5) is 14.3. The third-order valence-corrected chi connectivity index (χ3v) is 3.59. The van der Waals surface area contributed by atoms with Crippen LogP contribution in [0.15, 0.2) is 30.6 Å². The molecule has 1 aromatic heterocycles. The molecule has 0 aliphatic rings. The number of phenols is 1. The van der Waals surface area contributed by atoms with E-state index >= 15 is 0 Å². The lowest BCUT2D eigenvalue weighted by Gasteiger charge is -2.23. The van der Waals surface area contributed by atoms with Crippen LogP contribution in [0.3, 0.4) is 0 Å². The van der Waals surface area contributed by atoms with Crippen LogP contribution in [0, 0.1) is 6.92 Å². The van der Waals surface area contributed by atoms with Gasteiger partial charge in [-0.05, 0) is 38.7 Å². The molecule has 6 heteroatoms. The number of carbonyl (C=O) groups is 1. The monoisotopic (exact) mass is 302 g/mol. The van der Waals surface area contributed by atoms with Gasteiger partial charge >= 0.3 is 0 Å². The van der Waals surface area contributed by atoms with E-state index in [0.717, 1.165) is 11.1 Å². The third-order valence-electron chi connectivity index (χ3n) is 3.59.